The Morgan fingerprint density at radius 3 is 2.73 bits per heavy atom. The summed E-state index contributed by atoms with van der Waals surface area (Å²) in [7, 11) is 0. The van der Waals surface area contributed by atoms with Crippen LogP contribution in [0.4, 0.5) is 0 Å². The molecule has 0 saturated heterocycles. The van der Waals surface area contributed by atoms with Crippen LogP contribution in [0.3, 0.4) is 0 Å². The van der Waals surface area contributed by atoms with E-state index in [-0.39, 0.29) is 24.5 Å². The van der Waals surface area contributed by atoms with Crippen LogP contribution in [-0.4, -0.2) is 38.4 Å². The molecule has 0 spiro atoms. The molecule has 0 aliphatic rings. The molecule has 0 aliphatic heterocycles. The molecular weight excluding hydrogens is 280 g/mol. The molecule has 1 aromatic heterocycles. The summed E-state index contributed by atoms with van der Waals surface area (Å²) in [5.74, 6) is 0.145. The van der Waals surface area contributed by atoms with Gasteiger partial charge in [-0.2, -0.15) is 5.10 Å². The van der Waals surface area contributed by atoms with Crippen LogP contribution in [0.2, 0.25) is 0 Å². The number of rotatable bonds is 6. The summed E-state index contributed by atoms with van der Waals surface area (Å²) in [5, 5.41) is 16.2. The Bertz CT molecular complexity index is 623. The highest BCUT2D eigenvalue weighted by Crippen LogP contribution is 2.15. The van der Waals surface area contributed by atoms with Crippen LogP contribution in [0, 0.1) is 12.8 Å². The zero-order valence-electron chi connectivity index (χ0n) is 13.2. The van der Waals surface area contributed by atoms with Gasteiger partial charge in [0.25, 0.3) is 5.91 Å². The number of hydrogen-bond donors (Lipinski definition) is 2. The maximum Gasteiger partial charge on any atom is 0.251 e. The summed E-state index contributed by atoms with van der Waals surface area (Å²) < 4.78 is 1.67. The van der Waals surface area contributed by atoms with Crippen molar-refractivity contribution >= 4 is 5.91 Å². The van der Waals surface area contributed by atoms with Crippen LogP contribution in [0.1, 0.15) is 36.2 Å². The van der Waals surface area contributed by atoms with E-state index in [1.54, 1.807) is 17.1 Å². The lowest BCUT2D eigenvalue weighted by molar-refractivity contribution is 0.0916. The first-order valence-corrected chi connectivity index (χ1v) is 7.40. The van der Waals surface area contributed by atoms with Crippen LogP contribution in [0.5, 0.6) is 0 Å². The predicted octanol–water partition coefficient (Wildman–Crippen LogP) is 1.71. The molecule has 1 atom stereocenters. The van der Waals surface area contributed by atoms with Gasteiger partial charge in [0.15, 0.2) is 0 Å². The molecule has 1 aromatic carbocycles. The van der Waals surface area contributed by atoms with Crippen molar-refractivity contribution in [2.75, 3.05) is 6.61 Å². The lowest BCUT2D eigenvalue weighted by atomic mass is 10.0. The van der Waals surface area contributed by atoms with E-state index < -0.39 is 0 Å². The van der Waals surface area contributed by atoms with E-state index in [1.807, 2.05) is 32.9 Å². The summed E-state index contributed by atoms with van der Waals surface area (Å²) in [6.45, 7) is 6.05. The first-order chi connectivity index (χ1) is 10.5. The standard InChI is InChI=1S/C16H22N4O2/c1-11(2)14(6-7-21)19-16(22)13-4-5-15(12(3)8-13)20-10-17-9-18-20/h4-5,8-11,14,21H,6-7H2,1-3H3,(H,19,22). The van der Waals surface area contributed by atoms with E-state index in [2.05, 4.69) is 15.4 Å². The third-order valence-corrected chi connectivity index (χ3v) is 3.69. The van der Waals surface area contributed by atoms with Gasteiger partial charge < -0.3 is 10.4 Å². The maximum absolute atomic E-state index is 12.4. The van der Waals surface area contributed by atoms with E-state index >= 15 is 0 Å². The van der Waals surface area contributed by atoms with Crippen LogP contribution in [-0.2, 0) is 0 Å². The summed E-state index contributed by atoms with van der Waals surface area (Å²) in [6.07, 6.45) is 3.65. The highest BCUT2D eigenvalue weighted by atomic mass is 16.3. The number of nitrogens with zero attached hydrogens (tertiary/aromatic N) is 3. The van der Waals surface area contributed by atoms with Crippen molar-refractivity contribution in [2.45, 2.75) is 33.2 Å². The van der Waals surface area contributed by atoms with Crippen molar-refractivity contribution in [2.24, 2.45) is 5.92 Å². The van der Waals surface area contributed by atoms with E-state index in [0.717, 1.165) is 11.3 Å². The molecule has 0 saturated carbocycles. The van der Waals surface area contributed by atoms with Gasteiger partial charge >= 0.3 is 0 Å². The van der Waals surface area contributed by atoms with Crippen molar-refractivity contribution in [3.63, 3.8) is 0 Å². The number of carbonyl (C=O) groups excluding carboxylic acids is 1. The first kappa shape index (κ1) is 16.2. The third-order valence-electron chi connectivity index (χ3n) is 3.69. The highest BCUT2D eigenvalue weighted by molar-refractivity contribution is 5.94. The van der Waals surface area contributed by atoms with Crippen molar-refractivity contribution in [1.29, 1.82) is 0 Å². The smallest absolute Gasteiger partial charge is 0.251 e. The Morgan fingerprint density at radius 1 is 1.41 bits per heavy atom. The lowest BCUT2D eigenvalue weighted by Crippen LogP contribution is -2.39. The second-order valence-electron chi connectivity index (χ2n) is 5.68. The van der Waals surface area contributed by atoms with Gasteiger partial charge in [-0.1, -0.05) is 13.8 Å². The molecule has 6 nitrogen and oxygen atoms in total. The quantitative estimate of drug-likeness (QED) is 0.851. The fourth-order valence-electron chi connectivity index (χ4n) is 2.35. The van der Waals surface area contributed by atoms with E-state index in [0.29, 0.717) is 12.0 Å². The van der Waals surface area contributed by atoms with Gasteiger partial charge in [-0.25, -0.2) is 9.67 Å². The third kappa shape index (κ3) is 3.71. The Kier molecular flexibility index (Phi) is 5.27. The molecule has 22 heavy (non-hydrogen) atoms. The van der Waals surface area contributed by atoms with Crippen LogP contribution in [0.15, 0.2) is 30.9 Å². The molecule has 1 unspecified atom stereocenters. The minimum atomic E-state index is -0.125. The number of hydrogen-bond acceptors (Lipinski definition) is 4. The first-order valence-electron chi connectivity index (χ1n) is 7.40. The molecule has 2 rings (SSSR count). The number of aliphatic hydroxyl groups is 1. The molecular formula is C16H22N4O2. The van der Waals surface area contributed by atoms with Gasteiger partial charge in [0.05, 0.1) is 5.69 Å². The van der Waals surface area contributed by atoms with Gasteiger partial charge in [-0.05, 0) is 43.0 Å². The van der Waals surface area contributed by atoms with Gasteiger partial charge in [-0.3, -0.25) is 4.79 Å². The molecule has 2 aromatic rings. The number of carbonyl (C=O) groups is 1. The zero-order valence-corrected chi connectivity index (χ0v) is 13.2. The number of aromatic nitrogens is 3. The average Bonchev–Trinajstić information content (AvgIpc) is 3.00. The number of aryl methyl sites for hydroxylation is 1. The lowest BCUT2D eigenvalue weighted by Gasteiger charge is -2.21. The van der Waals surface area contributed by atoms with Crippen molar-refractivity contribution in [3.05, 3.63) is 42.0 Å². The van der Waals surface area contributed by atoms with Gasteiger partial charge in [0.2, 0.25) is 0 Å². The van der Waals surface area contributed by atoms with Crippen molar-refractivity contribution < 1.29 is 9.90 Å². The zero-order chi connectivity index (χ0) is 16.1. The molecule has 1 amide bonds. The number of amides is 1. The Balaban J connectivity index is 2.15. The van der Waals surface area contributed by atoms with E-state index in [4.69, 9.17) is 5.11 Å². The summed E-state index contributed by atoms with van der Waals surface area (Å²) in [5.41, 5.74) is 2.44. The second kappa shape index (κ2) is 7.17. The molecule has 0 aliphatic carbocycles. The Labute approximate surface area is 130 Å². The Morgan fingerprint density at radius 2 is 2.18 bits per heavy atom. The predicted molar refractivity (Wildman–Crippen MR) is 83.9 cm³/mol. The SMILES string of the molecule is Cc1cc(C(=O)NC(CCO)C(C)C)ccc1-n1cncn1. The molecule has 0 radical (unpaired) electrons. The number of aliphatic hydroxyl groups excluding tert-OH is 1. The van der Waals surface area contributed by atoms with E-state index in [1.165, 1.54) is 6.33 Å². The Hall–Kier alpha value is -2.21. The minimum absolute atomic E-state index is 0.0344. The summed E-state index contributed by atoms with van der Waals surface area (Å²) >= 11 is 0. The molecule has 0 fully saturated rings. The van der Waals surface area contributed by atoms with Crippen LogP contribution in [0.25, 0.3) is 5.69 Å². The molecule has 118 valence electrons. The molecule has 1 heterocycles. The van der Waals surface area contributed by atoms with Crippen LogP contribution >= 0.6 is 0 Å². The van der Waals surface area contributed by atoms with Gasteiger partial charge in [0, 0.05) is 18.2 Å². The summed E-state index contributed by atoms with van der Waals surface area (Å²) in [4.78, 5) is 16.3. The summed E-state index contributed by atoms with van der Waals surface area (Å²) in [6, 6.07) is 5.43. The van der Waals surface area contributed by atoms with Crippen molar-refractivity contribution in [3.8, 4) is 5.69 Å². The largest absolute Gasteiger partial charge is 0.396 e. The fraction of sp³-hybridized carbons (Fsp3) is 0.438. The van der Waals surface area contributed by atoms with Gasteiger partial charge in [-0.15, -0.1) is 0 Å². The van der Waals surface area contributed by atoms with Crippen LogP contribution < -0.4 is 5.32 Å². The number of benzene rings is 1. The number of nitrogens with one attached hydrogen (secondary N) is 1. The van der Waals surface area contributed by atoms with Crippen molar-refractivity contribution in [1.82, 2.24) is 20.1 Å². The monoisotopic (exact) mass is 302 g/mol. The topological polar surface area (TPSA) is 80.0 Å². The highest BCUT2D eigenvalue weighted by Gasteiger charge is 2.17. The molecule has 6 heteroatoms. The minimum Gasteiger partial charge on any atom is -0.396 e. The maximum atomic E-state index is 12.4. The van der Waals surface area contributed by atoms with E-state index in [9.17, 15) is 4.79 Å². The van der Waals surface area contributed by atoms with Gasteiger partial charge in [0.1, 0.15) is 12.7 Å². The fourth-order valence-corrected chi connectivity index (χ4v) is 2.35. The normalized spacial score (nSPS) is 12.4. The molecule has 2 N–H and O–H groups in total. The average molecular weight is 302 g/mol. The second-order valence-corrected chi connectivity index (χ2v) is 5.68. The molecule has 0 bridgehead atoms.